The topological polar surface area (TPSA) is 161 Å². The molecule has 0 saturated heterocycles. The van der Waals surface area contributed by atoms with Crippen LogP contribution in [0.15, 0.2) is 18.3 Å². The lowest BCUT2D eigenvalue weighted by molar-refractivity contribution is 0.111. The molecule has 0 aliphatic carbocycles. The number of anilines is 3. The normalized spacial score (nSPS) is 13.2. The minimum atomic E-state index is -3.53. The zero-order valence-corrected chi connectivity index (χ0v) is 23.4. The van der Waals surface area contributed by atoms with Gasteiger partial charge < -0.3 is 15.0 Å². The second kappa shape index (κ2) is 13.4. The molecule has 0 atom stereocenters. The van der Waals surface area contributed by atoms with Gasteiger partial charge in [0.05, 0.1) is 24.1 Å². The van der Waals surface area contributed by atoms with Crippen molar-refractivity contribution in [2.75, 3.05) is 75.8 Å². The van der Waals surface area contributed by atoms with Crippen LogP contribution in [0, 0.1) is 11.3 Å². The number of aryl methyl sites for hydroxylation is 1. The Hall–Kier alpha value is -3.64. The molecular formula is C25H34N8O5S. The first kappa shape index (κ1) is 29.9. The van der Waals surface area contributed by atoms with Gasteiger partial charge >= 0.3 is 6.03 Å². The largest absolute Gasteiger partial charge is 0.383 e. The number of ether oxygens (including phenoxy) is 1. The van der Waals surface area contributed by atoms with Crippen LogP contribution in [-0.4, -0.2) is 100 Å². The highest BCUT2D eigenvalue weighted by atomic mass is 32.2. The molecule has 0 saturated carbocycles. The summed E-state index contributed by atoms with van der Waals surface area (Å²) >= 11 is 0. The molecule has 0 fully saturated rings. The van der Waals surface area contributed by atoms with E-state index in [0.717, 1.165) is 11.8 Å². The van der Waals surface area contributed by atoms with Gasteiger partial charge in [0.25, 0.3) is 0 Å². The number of carbonyl (C=O) groups is 2. The lowest BCUT2D eigenvalue weighted by atomic mass is 10.0. The summed E-state index contributed by atoms with van der Waals surface area (Å²) in [7, 11) is 1.74. The van der Waals surface area contributed by atoms with Gasteiger partial charge in [0.1, 0.15) is 23.4 Å². The lowest BCUT2D eigenvalue weighted by Gasteiger charge is -2.30. The van der Waals surface area contributed by atoms with Gasteiger partial charge in [0, 0.05) is 52.1 Å². The Balaban J connectivity index is 1.85. The minimum Gasteiger partial charge on any atom is -0.383 e. The first-order valence-electron chi connectivity index (χ1n) is 12.4. The van der Waals surface area contributed by atoms with Crippen molar-refractivity contribution in [2.45, 2.75) is 19.4 Å². The Bertz CT molecular complexity index is 1340. The van der Waals surface area contributed by atoms with E-state index in [1.165, 1.54) is 15.4 Å². The highest BCUT2D eigenvalue weighted by Gasteiger charge is 2.27. The van der Waals surface area contributed by atoms with E-state index >= 15 is 0 Å². The van der Waals surface area contributed by atoms with Gasteiger partial charge in [-0.3, -0.25) is 15.0 Å². The Kier molecular flexibility index (Phi) is 10.3. The number of aromatic nitrogens is 2. The maximum absolute atomic E-state index is 13.2. The number of sulfonamides is 1. The van der Waals surface area contributed by atoms with E-state index < -0.39 is 16.1 Å². The van der Waals surface area contributed by atoms with Crippen LogP contribution in [0.5, 0.6) is 0 Å². The molecule has 14 heteroatoms. The third-order valence-electron chi connectivity index (χ3n) is 6.12. The summed E-state index contributed by atoms with van der Waals surface area (Å²) in [5.41, 5.74) is 2.14. The van der Waals surface area contributed by atoms with Gasteiger partial charge in [-0.25, -0.2) is 23.2 Å². The molecule has 0 radical (unpaired) electrons. The first-order valence-corrected chi connectivity index (χ1v) is 14.2. The minimum absolute atomic E-state index is 0.00122. The molecule has 0 aromatic carbocycles. The Morgan fingerprint density at radius 1 is 1.31 bits per heavy atom. The van der Waals surface area contributed by atoms with Crippen LogP contribution in [0.25, 0.3) is 0 Å². The monoisotopic (exact) mass is 558 g/mol. The van der Waals surface area contributed by atoms with Crippen molar-refractivity contribution in [2.24, 2.45) is 0 Å². The van der Waals surface area contributed by atoms with Crippen molar-refractivity contribution in [3.8, 4) is 6.07 Å². The summed E-state index contributed by atoms with van der Waals surface area (Å²) in [4.78, 5) is 37.2. The molecule has 2 amide bonds. The van der Waals surface area contributed by atoms with Crippen LogP contribution < -0.4 is 15.5 Å². The van der Waals surface area contributed by atoms with Crippen LogP contribution >= 0.6 is 0 Å². The molecule has 13 nitrogen and oxygen atoms in total. The average Bonchev–Trinajstić information content (AvgIpc) is 2.89. The molecule has 2 N–H and O–H groups in total. The number of nitrogens with one attached hydrogen (secondary N) is 2. The SMILES string of the molecule is COCCNc1cc(NC(=O)N2CCCc3cc(CN(CCN(C)C)S(C)(=O)=O)c(C=O)nc32)ncc1C#N. The smallest absolute Gasteiger partial charge is 0.328 e. The number of nitriles is 1. The maximum atomic E-state index is 13.2. The third kappa shape index (κ3) is 7.93. The molecule has 0 unspecified atom stereocenters. The second-order valence-corrected chi connectivity index (χ2v) is 11.3. The summed E-state index contributed by atoms with van der Waals surface area (Å²) in [6.07, 6.45) is 4.36. The number of likely N-dealkylation sites (N-methyl/N-ethyl adjacent to an activating group) is 1. The van der Waals surface area contributed by atoms with Crippen molar-refractivity contribution >= 4 is 39.7 Å². The number of amides is 2. The van der Waals surface area contributed by atoms with Gasteiger partial charge in [0.2, 0.25) is 10.0 Å². The summed E-state index contributed by atoms with van der Waals surface area (Å²) in [5.74, 6) is 0.582. The highest BCUT2D eigenvalue weighted by Crippen LogP contribution is 2.29. The number of hydrogen-bond acceptors (Lipinski definition) is 10. The molecule has 2 aromatic heterocycles. The number of nitrogens with zero attached hydrogens (tertiary/aromatic N) is 6. The van der Waals surface area contributed by atoms with Crippen molar-refractivity contribution in [1.82, 2.24) is 19.2 Å². The zero-order valence-electron chi connectivity index (χ0n) is 22.6. The quantitative estimate of drug-likeness (QED) is 0.289. The van der Waals surface area contributed by atoms with Crippen LogP contribution in [0.3, 0.4) is 0 Å². The summed E-state index contributed by atoms with van der Waals surface area (Å²) in [6.45, 7) is 2.05. The van der Waals surface area contributed by atoms with Gasteiger partial charge in [-0.15, -0.1) is 0 Å². The van der Waals surface area contributed by atoms with Crippen LogP contribution in [-0.2, 0) is 27.7 Å². The average molecular weight is 559 g/mol. The second-order valence-electron chi connectivity index (χ2n) is 9.36. The standard InChI is InChI=1S/C25H34N8O5S/c1-31(2)9-10-32(39(4,36)37)16-19-12-18-6-5-8-33(24(18)29-22(19)17-34)25(35)30-23-13-21(27-7-11-38-3)20(14-26)15-28-23/h12-13,15,17H,5-11,16H2,1-4H3,(H2,27,28,30,35). The zero-order chi connectivity index (χ0) is 28.6. The molecule has 1 aliphatic rings. The van der Waals surface area contributed by atoms with Gasteiger partial charge in [0.15, 0.2) is 6.29 Å². The molecule has 3 heterocycles. The summed E-state index contributed by atoms with van der Waals surface area (Å²) in [6, 6.07) is 4.90. The van der Waals surface area contributed by atoms with E-state index in [1.807, 2.05) is 19.0 Å². The van der Waals surface area contributed by atoms with Crippen LogP contribution in [0.4, 0.5) is 22.1 Å². The fourth-order valence-corrected chi connectivity index (χ4v) is 4.86. The molecule has 1 aliphatic heterocycles. The maximum Gasteiger partial charge on any atom is 0.328 e. The Labute approximate surface area is 228 Å². The van der Waals surface area contributed by atoms with Crippen molar-refractivity contribution in [1.29, 1.82) is 5.26 Å². The summed E-state index contributed by atoms with van der Waals surface area (Å²) < 4.78 is 31.1. The lowest BCUT2D eigenvalue weighted by Crippen LogP contribution is -2.40. The Morgan fingerprint density at radius 3 is 2.72 bits per heavy atom. The number of carbonyl (C=O) groups excluding carboxylic acids is 2. The molecule has 2 aromatic rings. The number of aldehydes is 1. The van der Waals surface area contributed by atoms with E-state index in [1.54, 1.807) is 19.2 Å². The van der Waals surface area contributed by atoms with E-state index in [2.05, 4.69) is 26.7 Å². The first-order chi connectivity index (χ1) is 18.6. The van der Waals surface area contributed by atoms with E-state index in [9.17, 15) is 23.3 Å². The predicted molar refractivity (Wildman–Crippen MR) is 147 cm³/mol. The van der Waals surface area contributed by atoms with Crippen LogP contribution in [0.2, 0.25) is 0 Å². The van der Waals surface area contributed by atoms with Gasteiger partial charge in [-0.1, -0.05) is 0 Å². The van der Waals surface area contributed by atoms with Crippen LogP contribution in [0.1, 0.15) is 33.6 Å². The number of pyridine rings is 2. The van der Waals surface area contributed by atoms with Gasteiger partial charge in [-0.05, 0) is 44.1 Å². The van der Waals surface area contributed by atoms with E-state index in [-0.39, 0.29) is 24.6 Å². The van der Waals surface area contributed by atoms with Crippen molar-refractivity contribution in [3.63, 3.8) is 0 Å². The molecular weight excluding hydrogens is 524 g/mol. The third-order valence-corrected chi connectivity index (χ3v) is 7.37. The fraction of sp³-hybridized carbons (Fsp3) is 0.480. The van der Waals surface area contributed by atoms with E-state index in [4.69, 9.17) is 4.74 Å². The fourth-order valence-electron chi connectivity index (χ4n) is 4.07. The number of methoxy groups -OCH3 is 1. The molecule has 0 bridgehead atoms. The highest BCUT2D eigenvalue weighted by molar-refractivity contribution is 7.88. The number of fused-ring (bicyclic) bond motifs is 1. The molecule has 39 heavy (non-hydrogen) atoms. The van der Waals surface area contributed by atoms with E-state index in [0.29, 0.717) is 68.0 Å². The molecule has 3 rings (SSSR count). The number of hydrogen-bond donors (Lipinski definition) is 2. The predicted octanol–water partition coefficient (Wildman–Crippen LogP) is 1.53. The number of urea groups is 1. The van der Waals surface area contributed by atoms with Crippen molar-refractivity contribution < 1.29 is 22.7 Å². The van der Waals surface area contributed by atoms with Crippen molar-refractivity contribution in [3.05, 3.63) is 40.7 Å². The molecule has 210 valence electrons. The van der Waals surface area contributed by atoms with Gasteiger partial charge in [-0.2, -0.15) is 9.57 Å². The summed E-state index contributed by atoms with van der Waals surface area (Å²) in [5, 5.41) is 15.2. The number of rotatable bonds is 12. The molecule has 0 spiro atoms. The Morgan fingerprint density at radius 2 is 2.08 bits per heavy atom.